The van der Waals surface area contributed by atoms with Gasteiger partial charge in [0, 0.05) is 26.8 Å². The molecule has 0 fully saturated rings. The fourth-order valence-corrected chi connectivity index (χ4v) is 1.60. The molecule has 6 nitrogen and oxygen atoms in total. The van der Waals surface area contributed by atoms with Crippen LogP contribution in [0.15, 0.2) is 6.20 Å². The number of nitrogens with one attached hydrogen (secondary N) is 2. The van der Waals surface area contributed by atoms with E-state index in [9.17, 15) is 0 Å². The van der Waals surface area contributed by atoms with Gasteiger partial charge in [0.1, 0.15) is 10.8 Å². The molecule has 114 valence electrons. The quantitative estimate of drug-likeness (QED) is 0.612. The van der Waals surface area contributed by atoms with E-state index in [4.69, 9.17) is 21.1 Å². The minimum absolute atomic E-state index is 0.521. The highest BCUT2D eigenvalue weighted by Gasteiger charge is 2.04. The van der Waals surface area contributed by atoms with Crippen LogP contribution in [0.2, 0.25) is 5.02 Å². The third-order valence-corrected chi connectivity index (χ3v) is 2.74. The summed E-state index contributed by atoms with van der Waals surface area (Å²) in [7, 11) is 1.66. The Labute approximate surface area is 125 Å². The fourth-order valence-electron chi connectivity index (χ4n) is 1.44. The van der Waals surface area contributed by atoms with Gasteiger partial charge < -0.3 is 20.1 Å². The van der Waals surface area contributed by atoms with Crippen molar-refractivity contribution in [2.24, 2.45) is 0 Å². The lowest BCUT2D eigenvalue weighted by atomic mass is 10.4. The third kappa shape index (κ3) is 6.88. The van der Waals surface area contributed by atoms with Gasteiger partial charge in [-0.2, -0.15) is 4.98 Å². The van der Waals surface area contributed by atoms with Crippen LogP contribution in [0.1, 0.15) is 19.8 Å². The Morgan fingerprint density at radius 1 is 1.20 bits per heavy atom. The van der Waals surface area contributed by atoms with Gasteiger partial charge >= 0.3 is 0 Å². The number of anilines is 2. The summed E-state index contributed by atoms with van der Waals surface area (Å²) in [5.74, 6) is 1.24. The van der Waals surface area contributed by atoms with Crippen LogP contribution in [0.3, 0.4) is 0 Å². The highest BCUT2D eigenvalue weighted by Crippen LogP contribution is 2.19. The molecule has 1 rings (SSSR count). The molecule has 0 amide bonds. The molecular formula is C13H23ClN4O2. The molecule has 7 heteroatoms. The summed E-state index contributed by atoms with van der Waals surface area (Å²) in [5.41, 5.74) is 0. The third-order valence-electron chi connectivity index (χ3n) is 2.47. The van der Waals surface area contributed by atoms with Gasteiger partial charge in [0.05, 0.1) is 19.4 Å². The van der Waals surface area contributed by atoms with Gasteiger partial charge in [-0.3, -0.25) is 0 Å². The first-order valence-electron chi connectivity index (χ1n) is 6.85. The summed E-state index contributed by atoms with van der Waals surface area (Å²) in [6.45, 7) is 5.60. The predicted molar refractivity (Wildman–Crippen MR) is 81.6 cm³/mol. The first-order valence-corrected chi connectivity index (χ1v) is 7.22. The molecule has 2 N–H and O–H groups in total. The van der Waals surface area contributed by atoms with E-state index >= 15 is 0 Å². The number of hydrogen-bond acceptors (Lipinski definition) is 6. The molecule has 0 saturated heterocycles. The molecule has 1 aromatic heterocycles. The fraction of sp³-hybridized carbons (Fsp3) is 0.692. The van der Waals surface area contributed by atoms with Gasteiger partial charge in [0.25, 0.3) is 0 Å². The van der Waals surface area contributed by atoms with Crippen molar-refractivity contribution in [2.45, 2.75) is 19.8 Å². The van der Waals surface area contributed by atoms with Crippen LogP contribution in [0, 0.1) is 0 Å². The molecule has 0 radical (unpaired) electrons. The van der Waals surface area contributed by atoms with Crippen LogP contribution in [-0.2, 0) is 9.47 Å². The zero-order chi connectivity index (χ0) is 14.6. The van der Waals surface area contributed by atoms with Crippen LogP contribution in [0.5, 0.6) is 0 Å². The number of hydrogen-bond donors (Lipinski definition) is 2. The average Bonchev–Trinajstić information content (AvgIpc) is 2.46. The van der Waals surface area contributed by atoms with E-state index in [0.717, 1.165) is 25.9 Å². The van der Waals surface area contributed by atoms with Crippen molar-refractivity contribution in [3.63, 3.8) is 0 Å². The standard InChI is InChI=1S/C13H23ClN4O2/c1-3-5-16-13-17-10-11(14)12(18-13)15-6-4-7-20-9-8-19-2/h10H,3-9H2,1-2H3,(H2,15,16,17,18). The zero-order valence-corrected chi connectivity index (χ0v) is 12.9. The maximum absolute atomic E-state index is 6.05. The number of methoxy groups -OCH3 is 1. The number of aromatic nitrogens is 2. The molecule has 0 aliphatic rings. The average molecular weight is 303 g/mol. The van der Waals surface area contributed by atoms with Gasteiger partial charge in [-0.25, -0.2) is 4.98 Å². The van der Waals surface area contributed by atoms with Gasteiger partial charge in [-0.1, -0.05) is 18.5 Å². The number of nitrogens with zero attached hydrogens (tertiary/aromatic N) is 2. The minimum Gasteiger partial charge on any atom is -0.382 e. The van der Waals surface area contributed by atoms with Crippen molar-refractivity contribution >= 4 is 23.4 Å². The maximum atomic E-state index is 6.05. The zero-order valence-electron chi connectivity index (χ0n) is 12.1. The molecule has 0 saturated carbocycles. The molecule has 0 aromatic carbocycles. The molecule has 1 aromatic rings. The lowest BCUT2D eigenvalue weighted by Gasteiger charge is -2.09. The van der Waals surface area contributed by atoms with Crippen molar-refractivity contribution in [1.29, 1.82) is 0 Å². The number of rotatable bonds is 11. The van der Waals surface area contributed by atoms with E-state index in [-0.39, 0.29) is 0 Å². The normalized spacial score (nSPS) is 10.6. The van der Waals surface area contributed by atoms with E-state index in [0.29, 0.717) is 36.6 Å². The van der Waals surface area contributed by atoms with Gasteiger partial charge in [-0.05, 0) is 12.8 Å². The summed E-state index contributed by atoms with van der Waals surface area (Å²) >= 11 is 6.05. The number of ether oxygens (including phenoxy) is 2. The van der Waals surface area contributed by atoms with Crippen LogP contribution in [0.4, 0.5) is 11.8 Å². The Kier molecular flexibility index (Phi) is 9.02. The van der Waals surface area contributed by atoms with E-state index in [1.165, 1.54) is 0 Å². The Morgan fingerprint density at radius 3 is 2.80 bits per heavy atom. The van der Waals surface area contributed by atoms with Crippen molar-refractivity contribution < 1.29 is 9.47 Å². The van der Waals surface area contributed by atoms with E-state index in [2.05, 4.69) is 27.5 Å². The van der Waals surface area contributed by atoms with Crippen molar-refractivity contribution in [3.05, 3.63) is 11.2 Å². The molecule has 0 aliphatic carbocycles. The topological polar surface area (TPSA) is 68.3 Å². The van der Waals surface area contributed by atoms with Crippen LogP contribution in [0.25, 0.3) is 0 Å². The second-order valence-electron chi connectivity index (χ2n) is 4.20. The van der Waals surface area contributed by atoms with Crippen molar-refractivity contribution in [1.82, 2.24) is 9.97 Å². The lowest BCUT2D eigenvalue weighted by Crippen LogP contribution is -2.11. The Morgan fingerprint density at radius 2 is 2.05 bits per heavy atom. The summed E-state index contributed by atoms with van der Waals surface area (Å²) in [6.07, 6.45) is 3.50. The van der Waals surface area contributed by atoms with Crippen LogP contribution >= 0.6 is 11.6 Å². The first kappa shape index (κ1) is 16.9. The summed E-state index contributed by atoms with van der Waals surface area (Å²) in [4.78, 5) is 8.45. The second-order valence-corrected chi connectivity index (χ2v) is 4.61. The summed E-state index contributed by atoms with van der Waals surface area (Å²) in [5, 5.41) is 6.83. The van der Waals surface area contributed by atoms with Crippen LogP contribution in [-0.4, -0.2) is 50.0 Å². The predicted octanol–water partition coefficient (Wildman–Crippen LogP) is 2.42. The number of halogens is 1. The van der Waals surface area contributed by atoms with Gasteiger partial charge in [0.15, 0.2) is 0 Å². The van der Waals surface area contributed by atoms with Crippen LogP contribution < -0.4 is 10.6 Å². The van der Waals surface area contributed by atoms with E-state index < -0.39 is 0 Å². The highest BCUT2D eigenvalue weighted by molar-refractivity contribution is 6.32. The largest absolute Gasteiger partial charge is 0.382 e. The molecule has 0 aliphatic heterocycles. The maximum Gasteiger partial charge on any atom is 0.224 e. The Bertz CT molecular complexity index is 379. The molecule has 0 unspecified atom stereocenters. The Balaban J connectivity index is 2.27. The van der Waals surface area contributed by atoms with Gasteiger partial charge in [0.2, 0.25) is 5.95 Å². The minimum atomic E-state index is 0.521. The second kappa shape index (κ2) is 10.7. The molecule has 0 spiro atoms. The summed E-state index contributed by atoms with van der Waals surface area (Å²) in [6, 6.07) is 0. The van der Waals surface area contributed by atoms with Crippen molar-refractivity contribution in [2.75, 3.05) is 50.7 Å². The molecular weight excluding hydrogens is 280 g/mol. The smallest absolute Gasteiger partial charge is 0.224 e. The molecule has 1 heterocycles. The molecule has 0 atom stereocenters. The van der Waals surface area contributed by atoms with Crippen molar-refractivity contribution in [3.8, 4) is 0 Å². The summed E-state index contributed by atoms with van der Waals surface area (Å²) < 4.78 is 10.3. The first-order chi connectivity index (χ1) is 9.77. The van der Waals surface area contributed by atoms with E-state index in [1.54, 1.807) is 13.3 Å². The van der Waals surface area contributed by atoms with E-state index in [1.807, 2.05) is 0 Å². The monoisotopic (exact) mass is 302 g/mol. The SMILES string of the molecule is CCCNc1ncc(Cl)c(NCCCOCCOC)n1. The lowest BCUT2D eigenvalue weighted by molar-refractivity contribution is 0.0705. The Hall–Kier alpha value is -1.11. The highest BCUT2D eigenvalue weighted by atomic mass is 35.5. The van der Waals surface area contributed by atoms with Gasteiger partial charge in [-0.15, -0.1) is 0 Å². The molecule has 20 heavy (non-hydrogen) atoms. The molecule has 0 bridgehead atoms.